The quantitative estimate of drug-likeness (QED) is 0.176. The molecule has 195 valence electrons. The third-order valence-corrected chi connectivity index (χ3v) is 7.87. The number of likely N-dealkylation sites (tertiary alicyclic amines) is 1. The Hall–Kier alpha value is -3.47. The fourth-order valence-corrected chi connectivity index (χ4v) is 5.61. The highest BCUT2D eigenvalue weighted by atomic mass is 32.2. The largest absolute Gasteiger partial charge is 0.508 e. The van der Waals surface area contributed by atoms with E-state index in [0.717, 1.165) is 21.6 Å². The standard InChI is InChI=1S/C31H33BNO4S/c1-7-24-8-10-26(11-9-24)29-17-33(16-22(5)38-18-21(4)23(6)34)19-31(29,20(2)3)32-30(37)14-25-12-27(35)15-28(36)13-25/h1,8-13,15,18,29,35-36H,2,5,14,16-17,19H2,3-4,6H3/b21-18+/t29-,31-/m0/s1. The van der Waals surface area contributed by atoms with Gasteiger partial charge in [0.05, 0.1) is 5.68 Å². The van der Waals surface area contributed by atoms with Crippen LogP contribution in [0.25, 0.3) is 0 Å². The molecule has 0 aromatic heterocycles. The Morgan fingerprint density at radius 2 is 1.79 bits per heavy atom. The number of rotatable bonds is 11. The van der Waals surface area contributed by atoms with Gasteiger partial charge in [-0.05, 0) is 77.4 Å². The first-order valence-corrected chi connectivity index (χ1v) is 13.2. The summed E-state index contributed by atoms with van der Waals surface area (Å²) in [7, 11) is 1.76. The van der Waals surface area contributed by atoms with Gasteiger partial charge < -0.3 is 15.0 Å². The van der Waals surface area contributed by atoms with Crippen LogP contribution in [0.4, 0.5) is 0 Å². The molecule has 1 heterocycles. The van der Waals surface area contributed by atoms with Crippen molar-refractivity contribution in [3.05, 3.63) is 93.8 Å². The van der Waals surface area contributed by atoms with Crippen molar-refractivity contribution >= 4 is 30.5 Å². The fraction of sp³-hybridized carbons (Fsp3) is 0.290. The number of ketones is 1. The molecule has 0 amide bonds. The van der Waals surface area contributed by atoms with Crippen LogP contribution in [-0.2, 0) is 16.0 Å². The van der Waals surface area contributed by atoms with Crippen LogP contribution in [0.3, 0.4) is 0 Å². The van der Waals surface area contributed by atoms with Crippen LogP contribution in [0, 0.1) is 12.3 Å². The number of Topliss-reactive ketones (excluding diaryl/α,β-unsaturated/α-hetero) is 1. The lowest BCUT2D eigenvalue weighted by molar-refractivity contribution is -0.113. The van der Waals surface area contributed by atoms with Gasteiger partial charge in [-0.15, -0.1) is 24.8 Å². The molecule has 2 atom stereocenters. The molecule has 1 saturated heterocycles. The number of aromatic hydroxyl groups is 2. The predicted octanol–water partition coefficient (Wildman–Crippen LogP) is 5.43. The molecule has 0 saturated carbocycles. The maximum atomic E-state index is 13.4. The maximum Gasteiger partial charge on any atom is 0.217 e. The summed E-state index contributed by atoms with van der Waals surface area (Å²) in [6.07, 6.45) is 5.60. The second kappa shape index (κ2) is 12.4. The molecule has 1 aliphatic rings. The van der Waals surface area contributed by atoms with Crippen molar-refractivity contribution in [1.29, 1.82) is 0 Å². The lowest BCUT2D eigenvalue weighted by Crippen LogP contribution is -2.35. The van der Waals surface area contributed by atoms with Crippen molar-refractivity contribution in [3.8, 4) is 23.8 Å². The van der Waals surface area contributed by atoms with Crippen LogP contribution < -0.4 is 0 Å². The summed E-state index contributed by atoms with van der Waals surface area (Å²) in [6, 6.07) is 12.0. The Balaban J connectivity index is 1.90. The summed E-state index contributed by atoms with van der Waals surface area (Å²) >= 11 is 1.44. The van der Waals surface area contributed by atoms with Gasteiger partial charge in [0.15, 0.2) is 5.78 Å². The molecular formula is C31H33BNO4S. The van der Waals surface area contributed by atoms with E-state index in [1.807, 2.05) is 36.6 Å². The molecule has 5 nitrogen and oxygen atoms in total. The second-order valence-electron chi connectivity index (χ2n) is 9.97. The van der Waals surface area contributed by atoms with Gasteiger partial charge in [0.2, 0.25) is 7.28 Å². The van der Waals surface area contributed by atoms with E-state index in [9.17, 15) is 19.8 Å². The molecule has 0 spiro atoms. The zero-order valence-electron chi connectivity index (χ0n) is 22.2. The van der Waals surface area contributed by atoms with E-state index in [0.29, 0.717) is 30.8 Å². The first-order valence-electron chi connectivity index (χ1n) is 12.3. The Morgan fingerprint density at radius 1 is 1.16 bits per heavy atom. The molecule has 3 rings (SSSR count). The van der Waals surface area contributed by atoms with Crippen LogP contribution in [0.5, 0.6) is 11.5 Å². The first-order chi connectivity index (χ1) is 17.9. The first kappa shape index (κ1) is 29.1. The number of nitrogens with zero attached hydrogens (tertiary/aromatic N) is 1. The van der Waals surface area contributed by atoms with Crippen LogP contribution >= 0.6 is 11.8 Å². The van der Waals surface area contributed by atoms with Gasteiger partial charge in [-0.3, -0.25) is 9.69 Å². The summed E-state index contributed by atoms with van der Waals surface area (Å²) in [5, 5.41) is 20.9. The maximum absolute atomic E-state index is 13.4. The Morgan fingerprint density at radius 3 is 2.34 bits per heavy atom. The monoisotopic (exact) mass is 526 g/mol. The highest BCUT2D eigenvalue weighted by molar-refractivity contribution is 8.05. The van der Waals surface area contributed by atoms with Gasteiger partial charge in [-0.2, -0.15) is 0 Å². The smallest absolute Gasteiger partial charge is 0.217 e. The van der Waals surface area contributed by atoms with Crippen molar-refractivity contribution in [3.63, 3.8) is 0 Å². The van der Waals surface area contributed by atoms with Gasteiger partial charge in [-0.25, -0.2) is 0 Å². The van der Waals surface area contributed by atoms with Crippen LogP contribution in [-0.4, -0.2) is 53.5 Å². The highest BCUT2D eigenvalue weighted by Gasteiger charge is 2.49. The lowest BCUT2D eigenvalue weighted by Gasteiger charge is -2.35. The molecular weight excluding hydrogens is 493 g/mol. The Labute approximate surface area is 230 Å². The third kappa shape index (κ3) is 7.09. The number of thioether (sulfide) groups is 1. The molecule has 1 radical (unpaired) electrons. The van der Waals surface area contributed by atoms with E-state index >= 15 is 0 Å². The molecule has 0 unspecified atom stereocenters. The minimum absolute atomic E-state index is 0.0245. The summed E-state index contributed by atoms with van der Waals surface area (Å²) < 4.78 is 0. The molecule has 2 aromatic rings. The van der Waals surface area contributed by atoms with E-state index in [1.165, 1.54) is 36.9 Å². The van der Waals surface area contributed by atoms with Crippen molar-refractivity contribution in [2.24, 2.45) is 0 Å². The van der Waals surface area contributed by atoms with Crippen LogP contribution in [0.15, 0.2) is 77.1 Å². The predicted molar refractivity (Wildman–Crippen MR) is 156 cm³/mol. The molecule has 1 aliphatic heterocycles. The average Bonchev–Trinajstić information content (AvgIpc) is 3.20. The Kier molecular flexibility index (Phi) is 9.48. The molecule has 38 heavy (non-hydrogen) atoms. The molecule has 0 bridgehead atoms. The van der Waals surface area contributed by atoms with Gasteiger partial charge >= 0.3 is 0 Å². The normalized spacial score (nSPS) is 19.5. The molecule has 0 aliphatic carbocycles. The van der Waals surface area contributed by atoms with Crippen molar-refractivity contribution in [2.45, 2.75) is 38.4 Å². The number of terminal acetylenes is 1. The lowest BCUT2D eigenvalue weighted by atomic mass is 9.42. The SMILES string of the molecule is C#Cc1ccc([C@@H]2CN(CC(=C)S/C=C(\C)C(C)=O)C[C@]2([B]C(=O)Cc2cc(O)cc(O)c2)C(=C)C)cc1. The number of allylic oxidation sites excluding steroid dienone is 1. The molecule has 1 fully saturated rings. The number of hydrogen-bond donors (Lipinski definition) is 2. The van der Waals surface area contributed by atoms with E-state index in [2.05, 4.69) is 24.0 Å². The van der Waals surface area contributed by atoms with Crippen molar-refractivity contribution in [1.82, 2.24) is 4.90 Å². The van der Waals surface area contributed by atoms with Gasteiger partial charge in [0.25, 0.3) is 0 Å². The van der Waals surface area contributed by atoms with Crippen molar-refractivity contribution < 1.29 is 19.8 Å². The molecule has 2 N–H and O–H groups in total. The number of carbonyl (C=O) groups is 2. The van der Waals surface area contributed by atoms with E-state index in [-0.39, 0.29) is 35.3 Å². The minimum Gasteiger partial charge on any atom is -0.508 e. The summed E-state index contributed by atoms with van der Waals surface area (Å²) in [4.78, 5) is 28.1. The molecule has 7 heteroatoms. The van der Waals surface area contributed by atoms with Gasteiger partial charge in [0, 0.05) is 43.6 Å². The number of phenolic OH excluding ortho intramolecular Hbond substituents is 2. The molecule has 2 aromatic carbocycles. The topological polar surface area (TPSA) is 77.8 Å². The summed E-state index contributed by atoms with van der Waals surface area (Å²) in [5.41, 5.74) is 3.78. The summed E-state index contributed by atoms with van der Waals surface area (Å²) in [6.45, 7) is 15.6. The van der Waals surface area contributed by atoms with Gasteiger partial charge in [-0.1, -0.05) is 30.2 Å². The van der Waals surface area contributed by atoms with Crippen LogP contribution in [0.2, 0.25) is 5.31 Å². The summed E-state index contributed by atoms with van der Waals surface area (Å²) in [5.74, 6) is 2.43. The highest BCUT2D eigenvalue weighted by Crippen LogP contribution is 2.53. The number of benzene rings is 2. The zero-order chi connectivity index (χ0) is 28.0. The average molecular weight is 526 g/mol. The Bertz CT molecular complexity index is 1300. The van der Waals surface area contributed by atoms with E-state index in [4.69, 9.17) is 6.42 Å². The zero-order valence-corrected chi connectivity index (χ0v) is 23.0. The number of carbonyl (C=O) groups excluding carboxylic acids is 2. The second-order valence-corrected chi connectivity index (χ2v) is 11.0. The third-order valence-electron chi connectivity index (χ3n) is 6.94. The van der Waals surface area contributed by atoms with Gasteiger partial charge in [0.1, 0.15) is 11.5 Å². The number of phenols is 2. The van der Waals surface area contributed by atoms with E-state index < -0.39 is 5.31 Å². The van der Waals surface area contributed by atoms with Crippen LogP contribution in [0.1, 0.15) is 43.4 Å². The fourth-order valence-electron chi connectivity index (χ4n) is 4.84. The van der Waals surface area contributed by atoms with Crippen molar-refractivity contribution in [2.75, 3.05) is 19.6 Å². The number of hydrogen-bond acceptors (Lipinski definition) is 6. The van der Waals surface area contributed by atoms with E-state index in [1.54, 1.807) is 14.2 Å². The minimum atomic E-state index is -0.649.